The second kappa shape index (κ2) is 7.97. The van der Waals surface area contributed by atoms with Crippen molar-refractivity contribution in [2.45, 2.75) is 43.5 Å². The number of para-hydroxylation sites is 1. The second-order valence-electron chi connectivity index (χ2n) is 7.48. The van der Waals surface area contributed by atoms with Gasteiger partial charge in [0.15, 0.2) is 11.0 Å². The number of thioether (sulfide) groups is 1. The Bertz CT molecular complexity index is 1340. The third-order valence-electron chi connectivity index (χ3n) is 5.25. The van der Waals surface area contributed by atoms with Crippen LogP contribution in [0.3, 0.4) is 0 Å². The quantitative estimate of drug-likeness (QED) is 0.358. The van der Waals surface area contributed by atoms with Crippen molar-refractivity contribution < 1.29 is 9.32 Å². The fraction of sp³-hybridized carbons (Fsp3) is 0.273. The Kier molecular flexibility index (Phi) is 5.15. The minimum Gasteiger partial charge on any atom is -0.360 e. The third-order valence-corrected chi connectivity index (χ3v) is 7.49. The van der Waals surface area contributed by atoms with Crippen LogP contribution in [0.4, 0.5) is 5.82 Å². The number of amides is 1. The van der Waals surface area contributed by atoms with E-state index in [-0.39, 0.29) is 11.5 Å². The molecule has 1 aliphatic carbocycles. The number of aromatic nitrogens is 3. The van der Waals surface area contributed by atoms with E-state index in [2.05, 4.69) is 10.5 Å². The van der Waals surface area contributed by atoms with E-state index in [1.807, 2.05) is 30.3 Å². The lowest BCUT2D eigenvalue weighted by molar-refractivity contribution is -0.115. The van der Waals surface area contributed by atoms with Crippen LogP contribution in [0.1, 0.15) is 29.5 Å². The maximum atomic E-state index is 13.6. The lowest BCUT2D eigenvalue weighted by Gasteiger charge is -2.15. The van der Waals surface area contributed by atoms with Crippen molar-refractivity contribution in [2.75, 3.05) is 5.32 Å². The largest absolute Gasteiger partial charge is 0.360 e. The minimum atomic E-state index is -0.497. The fourth-order valence-electron chi connectivity index (χ4n) is 3.77. The SMILES string of the molecule is Cc1cc(NC(=O)C(C)Sc2nc3sc4c(c3c(=O)n2-c2ccccc2)CCC4)no1. The number of nitrogens with one attached hydrogen (secondary N) is 1. The van der Waals surface area contributed by atoms with Crippen molar-refractivity contribution in [3.8, 4) is 5.69 Å². The zero-order chi connectivity index (χ0) is 21.5. The molecule has 31 heavy (non-hydrogen) atoms. The summed E-state index contributed by atoms with van der Waals surface area (Å²) >= 11 is 2.86. The number of nitrogens with zero attached hydrogens (tertiary/aromatic N) is 3. The van der Waals surface area contributed by atoms with Gasteiger partial charge < -0.3 is 9.84 Å². The Labute approximate surface area is 186 Å². The molecule has 3 aromatic heterocycles. The van der Waals surface area contributed by atoms with Crippen LogP contribution >= 0.6 is 23.1 Å². The van der Waals surface area contributed by atoms with Gasteiger partial charge in [-0.3, -0.25) is 14.2 Å². The van der Waals surface area contributed by atoms with Crippen LogP contribution in [-0.4, -0.2) is 25.9 Å². The molecule has 0 spiro atoms. The molecule has 1 amide bonds. The smallest absolute Gasteiger partial charge is 0.267 e. The summed E-state index contributed by atoms with van der Waals surface area (Å²) in [5, 5.41) is 7.28. The van der Waals surface area contributed by atoms with Gasteiger partial charge in [-0.15, -0.1) is 11.3 Å². The number of rotatable bonds is 5. The Hall–Kier alpha value is -2.91. The first-order valence-electron chi connectivity index (χ1n) is 10.0. The molecule has 1 aromatic carbocycles. The van der Waals surface area contributed by atoms with E-state index in [0.29, 0.717) is 16.7 Å². The number of hydrogen-bond donors (Lipinski definition) is 1. The van der Waals surface area contributed by atoms with Gasteiger partial charge in [-0.2, -0.15) is 0 Å². The minimum absolute atomic E-state index is 0.0714. The molecule has 1 aliphatic rings. The fourth-order valence-corrected chi connectivity index (χ4v) is 6.00. The molecule has 0 saturated carbocycles. The first-order chi connectivity index (χ1) is 15.0. The van der Waals surface area contributed by atoms with Gasteiger partial charge in [-0.05, 0) is 50.8 Å². The van der Waals surface area contributed by atoms with Crippen LogP contribution in [0.15, 0.2) is 50.9 Å². The molecule has 1 N–H and O–H groups in total. The summed E-state index contributed by atoms with van der Waals surface area (Å²) in [6, 6.07) is 11.1. The summed E-state index contributed by atoms with van der Waals surface area (Å²) in [7, 11) is 0. The number of thiophene rings is 1. The number of fused-ring (bicyclic) bond motifs is 3. The molecule has 7 nitrogen and oxygen atoms in total. The molecule has 5 rings (SSSR count). The summed E-state index contributed by atoms with van der Waals surface area (Å²) in [5.74, 6) is 0.751. The number of hydrogen-bond acceptors (Lipinski definition) is 7. The standard InChI is InChI=1S/C22H20N4O3S2/c1-12-11-17(25-29-12)23-19(27)13(2)30-22-24-20-18(15-9-6-10-16(15)31-20)21(28)26(22)14-7-4-3-5-8-14/h3-5,7-8,11,13H,6,9-10H2,1-2H3,(H,23,25,27). The predicted molar refractivity (Wildman–Crippen MR) is 122 cm³/mol. The normalized spacial score (nSPS) is 14.0. The van der Waals surface area contributed by atoms with Crippen LogP contribution in [0, 0.1) is 6.92 Å². The van der Waals surface area contributed by atoms with Gasteiger partial charge in [-0.25, -0.2) is 4.98 Å². The predicted octanol–water partition coefficient (Wildman–Crippen LogP) is 4.35. The lowest BCUT2D eigenvalue weighted by Crippen LogP contribution is -2.26. The highest BCUT2D eigenvalue weighted by Crippen LogP contribution is 2.36. The van der Waals surface area contributed by atoms with Crippen molar-refractivity contribution in [3.05, 3.63) is 63.0 Å². The zero-order valence-corrected chi connectivity index (χ0v) is 18.7. The van der Waals surface area contributed by atoms with E-state index in [1.165, 1.54) is 16.6 Å². The average Bonchev–Trinajstić information content (AvgIpc) is 3.44. The van der Waals surface area contributed by atoms with Crippen LogP contribution < -0.4 is 10.9 Å². The van der Waals surface area contributed by atoms with Gasteiger partial charge in [-0.1, -0.05) is 35.1 Å². The highest BCUT2D eigenvalue weighted by atomic mass is 32.2. The number of carbonyl (C=O) groups is 1. The van der Waals surface area contributed by atoms with Gasteiger partial charge in [0.05, 0.1) is 16.3 Å². The summed E-state index contributed by atoms with van der Waals surface area (Å²) in [6.07, 6.45) is 3.00. The van der Waals surface area contributed by atoms with Gasteiger partial charge >= 0.3 is 0 Å². The van der Waals surface area contributed by atoms with E-state index < -0.39 is 5.25 Å². The molecule has 4 aromatic rings. The highest BCUT2D eigenvalue weighted by Gasteiger charge is 2.26. The summed E-state index contributed by atoms with van der Waals surface area (Å²) in [6.45, 7) is 3.55. The van der Waals surface area contributed by atoms with E-state index in [4.69, 9.17) is 9.51 Å². The van der Waals surface area contributed by atoms with Crippen LogP contribution in [0.5, 0.6) is 0 Å². The summed E-state index contributed by atoms with van der Waals surface area (Å²) in [5.41, 5.74) is 1.81. The average molecular weight is 453 g/mol. The van der Waals surface area contributed by atoms with Crippen LogP contribution in [-0.2, 0) is 17.6 Å². The molecule has 0 fully saturated rings. The molecule has 1 atom stereocenters. The van der Waals surface area contributed by atoms with Crippen molar-refractivity contribution in [2.24, 2.45) is 0 Å². The summed E-state index contributed by atoms with van der Waals surface area (Å²) in [4.78, 5) is 33.2. The van der Waals surface area contributed by atoms with Gasteiger partial charge in [0.2, 0.25) is 5.91 Å². The lowest BCUT2D eigenvalue weighted by atomic mass is 10.2. The molecule has 3 heterocycles. The molecular formula is C22H20N4O3S2. The Morgan fingerprint density at radius 2 is 2.10 bits per heavy atom. The molecule has 1 unspecified atom stereocenters. The molecule has 0 radical (unpaired) electrons. The highest BCUT2D eigenvalue weighted by molar-refractivity contribution is 8.00. The summed E-state index contributed by atoms with van der Waals surface area (Å²) < 4.78 is 6.63. The number of anilines is 1. The Morgan fingerprint density at radius 3 is 2.84 bits per heavy atom. The molecule has 0 saturated heterocycles. The first-order valence-corrected chi connectivity index (χ1v) is 11.7. The zero-order valence-electron chi connectivity index (χ0n) is 17.0. The van der Waals surface area contributed by atoms with Crippen LogP contribution in [0.25, 0.3) is 15.9 Å². The van der Waals surface area contributed by atoms with Crippen LogP contribution in [0.2, 0.25) is 0 Å². The van der Waals surface area contributed by atoms with E-state index in [0.717, 1.165) is 40.7 Å². The Morgan fingerprint density at radius 1 is 1.29 bits per heavy atom. The molecule has 0 aliphatic heterocycles. The number of carbonyl (C=O) groups excluding carboxylic acids is 1. The number of benzene rings is 1. The van der Waals surface area contributed by atoms with Crippen molar-refractivity contribution >= 4 is 45.0 Å². The van der Waals surface area contributed by atoms with Gasteiger partial charge in [0.25, 0.3) is 5.56 Å². The topological polar surface area (TPSA) is 90.0 Å². The van der Waals surface area contributed by atoms with Crippen molar-refractivity contribution in [3.63, 3.8) is 0 Å². The molecule has 9 heteroatoms. The number of aryl methyl sites for hydroxylation is 3. The first kappa shape index (κ1) is 20.0. The molecule has 0 bridgehead atoms. The molecular weight excluding hydrogens is 432 g/mol. The van der Waals surface area contributed by atoms with Gasteiger partial charge in [0.1, 0.15) is 10.6 Å². The second-order valence-corrected chi connectivity index (χ2v) is 9.87. The van der Waals surface area contributed by atoms with Crippen molar-refractivity contribution in [1.82, 2.24) is 14.7 Å². The van der Waals surface area contributed by atoms with Crippen molar-refractivity contribution in [1.29, 1.82) is 0 Å². The monoisotopic (exact) mass is 452 g/mol. The van der Waals surface area contributed by atoms with E-state index in [9.17, 15) is 9.59 Å². The van der Waals surface area contributed by atoms with E-state index in [1.54, 1.807) is 35.8 Å². The maximum Gasteiger partial charge on any atom is 0.267 e. The maximum absolute atomic E-state index is 13.6. The Balaban J connectivity index is 1.55. The van der Waals surface area contributed by atoms with E-state index >= 15 is 0 Å². The molecule has 158 valence electrons. The van der Waals surface area contributed by atoms with Gasteiger partial charge in [0, 0.05) is 10.9 Å². The third kappa shape index (κ3) is 3.68.